The highest BCUT2D eigenvalue weighted by atomic mass is 16.1. The Morgan fingerprint density at radius 1 is 0.833 bits per heavy atom. The van der Waals surface area contributed by atoms with E-state index in [2.05, 4.69) is 0 Å². The Kier molecular flexibility index (Phi) is 2.48. The van der Waals surface area contributed by atoms with Crippen molar-refractivity contribution in [2.75, 3.05) is 0 Å². The lowest BCUT2D eigenvalue weighted by Crippen LogP contribution is -2.17. The second-order valence-electron chi connectivity index (χ2n) is 4.42. The lowest BCUT2D eigenvalue weighted by Gasteiger charge is -2.29. The van der Waals surface area contributed by atoms with Gasteiger partial charge in [0, 0.05) is 12.8 Å². The van der Waals surface area contributed by atoms with Gasteiger partial charge in [-0.1, -0.05) is 25.7 Å². The predicted molar refractivity (Wildman–Crippen MR) is 48.9 cm³/mol. The zero-order chi connectivity index (χ0) is 8.39. The zero-order valence-electron chi connectivity index (χ0n) is 7.72. The van der Waals surface area contributed by atoms with E-state index in [0.29, 0.717) is 5.78 Å². The third-order valence-corrected chi connectivity index (χ3v) is 3.65. The van der Waals surface area contributed by atoms with E-state index in [4.69, 9.17) is 0 Å². The van der Waals surface area contributed by atoms with Crippen LogP contribution in [0.4, 0.5) is 0 Å². The van der Waals surface area contributed by atoms with Crippen molar-refractivity contribution < 1.29 is 4.79 Å². The maximum absolute atomic E-state index is 11.2. The van der Waals surface area contributed by atoms with Crippen molar-refractivity contribution in [2.24, 2.45) is 11.8 Å². The smallest absolute Gasteiger partial charge is 0.132 e. The third kappa shape index (κ3) is 1.70. The molecule has 12 heavy (non-hydrogen) atoms. The first kappa shape index (κ1) is 8.28. The summed E-state index contributed by atoms with van der Waals surface area (Å²) in [5.41, 5.74) is 0. The van der Waals surface area contributed by atoms with Gasteiger partial charge in [-0.15, -0.1) is 0 Å². The highest BCUT2D eigenvalue weighted by Gasteiger charge is 2.28. The Morgan fingerprint density at radius 3 is 1.83 bits per heavy atom. The Balaban J connectivity index is 1.98. The summed E-state index contributed by atoms with van der Waals surface area (Å²) in [7, 11) is 0. The van der Waals surface area contributed by atoms with Crippen molar-refractivity contribution in [1.82, 2.24) is 0 Å². The Hall–Kier alpha value is -0.330. The van der Waals surface area contributed by atoms with Gasteiger partial charge in [-0.3, -0.25) is 4.79 Å². The fourth-order valence-electron chi connectivity index (χ4n) is 2.86. The van der Waals surface area contributed by atoms with Crippen molar-refractivity contribution in [3.63, 3.8) is 0 Å². The first-order chi connectivity index (χ1) is 5.86. The Morgan fingerprint density at radius 2 is 1.33 bits per heavy atom. The minimum atomic E-state index is 0.518. The van der Waals surface area contributed by atoms with Crippen molar-refractivity contribution in [3.8, 4) is 0 Å². The molecule has 68 valence electrons. The summed E-state index contributed by atoms with van der Waals surface area (Å²) in [5, 5.41) is 0. The summed E-state index contributed by atoms with van der Waals surface area (Å²) < 4.78 is 0. The third-order valence-electron chi connectivity index (χ3n) is 3.65. The van der Waals surface area contributed by atoms with Crippen molar-refractivity contribution >= 4 is 5.78 Å². The van der Waals surface area contributed by atoms with Gasteiger partial charge in [-0.05, 0) is 24.7 Å². The van der Waals surface area contributed by atoms with Crippen LogP contribution in [-0.4, -0.2) is 5.78 Å². The van der Waals surface area contributed by atoms with E-state index in [1.165, 1.54) is 38.5 Å². The molecule has 0 bridgehead atoms. The van der Waals surface area contributed by atoms with Crippen LogP contribution in [-0.2, 0) is 4.79 Å². The average molecular weight is 166 g/mol. The maximum Gasteiger partial charge on any atom is 0.132 e. The molecule has 2 atom stereocenters. The van der Waals surface area contributed by atoms with E-state index in [1.807, 2.05) is 0 Å². The fourth-order valence-corrected chi connectivity index (χ4v) is 2.86. The van der Waals surface area contributed by atoms with E-state index in [1.54, 1.807) is 0 Å². The lowest BCUT2D eigenvalue weighted by atomic mass is 9.77. The average Bonchev–Trinajstić information content (AvgIpc) is 2.29. The molecule has 1 nitrogen and oxygen atoms in total. The SMILES string of the molecule is O=C1CCC2CCCCC2CC1. The number of carbonyl (C=O) groups is 1. The van der Waals surface area contributed by atoms with Gasteiger partial charge in [0.25, 0.3) is 0 Å². The molecule has 0 saturated heterocycles. The number of ketones is 1. The summed E-state index contributed by atoms with van der Waals surface area (Å²) in [5.74, 6) is 2.33. The number of hydrogen-bond acceptors (Lipinski definition) is 1. The first-order valence-electron chi connectivity index (χ1n) is 5.38. The molecule has 2 fully saturated rings. The second-order valence-corrected chi connectivity index (χ2v) is 4.42. The molecule has 2 unspecified atom stereocenters. The van der Waals surface area contributed by atoms with Crippen LogP contribution >= 0.6 is 0 Å². The molecule has 0 N–H and O–H groups in total. The Bertz CT molecular complexity index is 156. The lowest BCUT2D eigenvalue weighted by molar-refractivity contribution is -0.119. The summed E-state index contributed by atoms with van der Waals surface area (Å²) in [6.45, 7) is 0. The van der Waals surface area contributed by atoms with E-state index in [0.717, 1.165) is 24.7 Å². The fraction of sp³-hybridized carbons (Fsp3) is 0.909. The first-order valence-corrected chi connectivity index (χ1v) is 5.38. The van der Waals surface area contributed by atoms with E-state index < -0.39 is 0 Å². The van der Waals surface area contributed by atoms with Crippen molar-refractivity contribution in [1.29, 1.82) is 0 Å². The molecule has 0 radical (unpaired) electrons. The molecular weight excluding hydrogens is 148 g/mol. The summed E-state index contributed by atoms with van der Waals surface area (Å²) in [4.78, 5) is 11.2. The van der Waals surface area contributed by atoms with Crippen LogP contribution in [0.3, 0.4) is 0 Å². The van der Waals surface area contributed by atoms with Gasteiger partial charge in [-0.25, -0.2) is 0 Å². The molecule has 0 aromatic heterocycles. The standard InChI is InChI=1S/C11H18O/c12-11-7-5-9-3-1-2-4-10(9)6-8-11/h9-10H,1-8H2. The summed E-state index contributed by atoms with van der Waals surface area (Å²) in [6, 6.07) is 0. The molecule has 2 rings (SSSR count). The molecule has 0 heterocycles. The van der Waals surface area contributed by atoms with Gasteiger partial charge in [0.05, 0.1) is 0 Å². The van der Waals surface area contributed by atoms with Gasteiger partial charge in [-0.2, -0.15) is 0 Å². The van der Waals surface area contributed by atoms with E-state index in [-0.39, 0.29) is 0 Å². The number of rotatable bonds is 0. The molecule has 0 aliphatic heterocycles. The number of carbonyl (C=O) groups excluding carboxylic acids is 1. The summed E-state index contributed by atoms with van der Waals surface area (Å²) >= 11 is 0. The molecule has 2 aliphatic carbocycles. The number of fused-ring (bicyclic) bond motifs is 1. The normalized spacial score (nSPS) is 37.2. The minimum absolute atomic E-state index is 0.518. The Labute approximate surface area is 74.5 Å². The zero-order valence-corrected chi connectivity index (χ0v) is 7.72. The highest BCUT2D eigenvalue weighted by Crippen LogP contribution is 2.38. The topological polar surface area (TPSA) is 17.1 Å². The second kappa shape index (κ2) is 3.59. The van der Waals surface area contributed by atoms with Gasteiger partial charge in [0.2, 0.25) is 0 Å². The van der Waals surface area contributed by atoms with Crippen LogP contribution in [0.5, 0.6) is 0 Å². The number of Topliss-reactive ketones (excluding diaryl/α,β-unsaturated/α-hetero) is 1. The molecule has 0 aromatic carbocycles. The van der Waals surface area contributed by atoms with Crippen LogP contribution in [0, 0.1) is 11.8 Å². The number of hydrogen-bond donors (Lipinski definition) is 0. The van der Waals surface area contributed by atoms with Crippen LogP contribution in [0.25, 0.3) is 0 Å². The van der Waals surface area contributed by atoms with Crippen LogP contribution < -0.4 is 0 Å². The van der Waals surface area contributed by atoms with E-state index >= 15 is 0 Å². The molecule has 2 saturated carbocycles. The summed E-state index contributed by atoms with van der Waals surface area (Å²) in [6.07, 6.45) is 9.77. The quantitative estimate of drug-likeness (QED) is 0.540. The molecular formula is C11H18O. The van der Waals surface area contributed by atoms with Gasteiger partial charge < -0.3 is 0 Å². The van der Waals surface area contributed by atoms with Crippen LogP contribution in [0.2, 0.25) is 0 Å². The monoisotopic (exact) mass is 166 g/mol. The molecule has 2 aliphatic rings. The van der Waals surface area contributed by atoms with Crippen molar-refractivity contribution in [3.05, 3.63) is 0 Å². The van der Waals surface area contributed by atoms with Crippen molar-refractivity contribution in [2.45, 2.75) is 51.4 Å². The predicted octanol–water partition coefficient (Wildman–Crippen LogP) is 2.94. The highest BCUT2D eigenvalue weighted by molar-refractivity contribution is 5.78. The molecule has 0 spiro atoms. The largest absolute Gasteiger partial charge is 0.300 e. The van der Waals surface area contributed by atoms with E-state index in [9.17, 15) is 4.79 Å². The van der Waals surface area contributed by atoms with Crippen LogP contribution in [0.15, 0.2) is 0 Å². The van der Waals surface area contributed by atoms with Gasteiger partial charge >= 0.3 is 0 Å². The van der Waals surface area contributed by atoms with Gasteiger partial charge in [0.1, 0.15) is 5.78 Å². The molecule has 0 amide bonds. The minimum Gasteiger partial charge on any atom is -0.300 e. The van der Waals surface area contributed by atoms with Crippen LogP contribution in [0.1, 0.15) is 51.4 Å². The maximum atomic E-state index is 11.2. The molecule has 1 heteroatoms. The molecule has 0 aromatic rings. The van der Waals surface area contributed by atoms with Gasteiger partial charge in [0.15, 0.2) is 0 Å².